The lowest BCUT2D eigenvalue weighted by Crippen LogP contribution is -2.58. The molecule has 0 saturated carbocycles. The number of aromatic nitrogens is 1. The van der Waals surface area contributed by atoms with E-state index in [-0.39, 0.29) is 18.2 Å². The van der Waals surface area contributed by atoms with Crippen molar-refractivity contribution >= 4 is 22.9 Å². The number of carbonyl (C=O) groups is 2. The summed E-state index contributed by atoms with van der Waals surface area (Å²) >= 11 is 0. The van der Waals surface area contributed by atoms with E-state index < -0.39 is 6.04 Å². The molecule has 1 aliphatic rings. The molecular weight excluding hydrogens is 382 g/mol. The van der Waals surface area contributed by atoms with Crippen molar-refractivity contribution in [3.63, 3.8) is 0 Å². The van der Waals surface area contributed by atoms with Crippen LogP contribution in [0.1, 0.15) is 24.3 Å². The first-order valence-electron chi connectivity index (χ1n) is 10.2. The summed E-state index contributed by atoms with van der Waals surface area (Å²) in [6.45, 7) is 3.37. The maximum absolute atomic E-state index is 12.8. The molecule has 7 nitrogen and oxygen atoms in total. The predicted octanol–water partition coefficient (Wildman–Crippen LogP) is 2.86. The van der Waals surface area contributed by atoms with Crippen LogP contribution in [0.3, 0.4) is 0 Å². The number of nitrogens with one attached hydrogen (secondary N) is 1. The second-order valence-electron chi connectivity index (χ2n) is 7.39. The first-order chi connectivity index (χ1) is 14.6. The number of piperazine rings is 1. The predicted molar refractivity (Wildman–Crippen MR) is 112 cm³/mol. The molecule has 4 rings (SSSR count). The van der Waals surface area contributed by atoms with Crippen molar-refractivity contribution in [2.45, 2.75) is 32.2 Å². The molecule has 3 aromatic rings. The number of nitrogens with zero attached hydrogens (tertiary/aromatic N) is 2. The van der Waals surface area contributed by atoms with E-state index in [4.69, 9.17) is 9.15 Å². The molecule has 1 aliphatic heterocycles. The van der Waals surface area contributed by atoms with Crippen molar-refractivity contribution in [2.24, 2.45) is 0 Å². The number of rotatable bonds is 7. The average Bonchev–Trinajstić information content (AvgIpc) is 3.16. The van der Waals surface area contributed by atoms with Gasteiger partial charge in [0, 0.05) is 19.5 Å². The molecule has 1 aromatic heterocycles. The third kappa shape index (κ3) is 4.45. The first kappa shape index (κ1) is 19.9. The van der Waals surface area contributed by atoms with Gasteiger partial charge in [-0.1, -0.05) is 30.3 Å². The lowest BCUT2D eigenvalue weighted by molar-refractivity contribution is -0.143. The summed E-state index contributed by atoms with van der Waals surface area (Å²) in [5.74, 6) is 1.06. The zero-order valence-corrected chi connectivity index (χ0v) is 17.0. The van der Waals surface area contributed by atoms with E-state index in [0.717, 1.165) is 16.8 Å². The minimum atomic E-state index is -0.614. The maximum atomic E-state index is 12.8. The van der Waals surface area contributed by atoms with Gasteiger partial charge in [0.15, 0.2) is 11.5 Å². The van der Waals surface area contributed by atoms with Gasteiger partial charge in [0.25, 0.3) is 0 Å². The van der Waals surface area contributed by atoms with Gasteiger partial charge in [-0.15, -0.1) is 0 Å². The Balaban J connectivity index is 1.36. The van der Waals surface area contributed by atoms with Crippen LogP contribution >= 0.6 is 0 Å². The molecule has 156 valence electrons. The average molecular weight is 407 g/mol. The van der Waals surface area contributed by atoms with Crippen molar-refractivity contribution in [1.82, 2.24) is 15.2 Å². The fraction of sp³-hybridized carbons (Fsp3) is 0.348. The molecule has 1 fully saturated rings. The number of oxazole rings is 1. The lowest BCUT2D eigenvalue weighted by Gasteiger charge is -2.34. The van der Waals surface area contributed by atoms with E-state index in [2.05, 4.69) is 10.3 Å². The molecule has 0 radical (unpaired) electrons. The van der Waals surface area contributed by atoms with E-state index in [1.165, 1.54) is 0 Å². The molecule has 1 N–H and O–H groups in total. The summed E-state index contributed by atoms with van der Waals surface area (Å²) in [6, 6.07) is 14.6. The van der Waals surface area contributed by atoms with Gasteiger partial charge < -0.3 is 19.4 Å². The third-order valence-corrected chi connectivity index (χ3v) is 5.24. The van der Waals surface area contributed by atoms with Gasteiger partial charge in [0.05, 0.1) is 13.0 Å². The second kappa shape index (κ2) is 8.98. The summed E-state index contributed by atoms with van der Waals surface area (Å²) in [5, 5.41) is 2.84. The van der Waals surface area contributed by atoms with E-state index in [9.17, 15) is 9.59 Å². The number of hydrogen-bond acceptors (Lipinski definition) is 5. The largest absolute Gasteiger partial charge is 0.493 e. The van der Waals surface area contributed by atoms with Crippen LogP contribution in [0, 0.1) is 6.92 Å². The van der Waals surface area contributed by atoms with E-state index >= 15 is 0 Å². The molecule has 30 heavy (non-hydrogen) atoms. The van der Waals surface area contributed by atoms with Gasteiger partial charge in [-0.05, 0) is 37.1 Å². The Hall–Kier alpha value is -3.35. The molecule has 0 aliphatic carbocycles. The summed E-state index contributed by atoms with van der Waals surface area (Å²) in [4.78, 5) is 31.4. The molecule has 2 aromatic carbocycles. The highest BCUT2D eigenvalue weighted by Gasteiger charge is 2.34. The summed E-state index contributed by atoms with van der Waals surface area (Å²) in [6.07, 6.45) is 1.16. The molecule has 0 unspecified atom stereocenters. The third-order valence-electron chi connectivity index (χ3n) is 5.24. The fourth-order valence-corrected chi connectivity index (χ4v) is 3.66. The van der Waals surface area contributed by atoms with Crippen molar-refractivity contribution < 1.29 is 18.7 Å². The molecule has 1 saturated heterocycles. The highest BCUT2D eigenvalue weighted by atomic mass is 16.5. The molecule has 2 amide bonds. The number of para-hydroxylation sites is 3. The lowest BCUT2D eigenvalue weighted by atomic mass is 10.1. The van der Waals surface area contributed by atoms with E-state index in [1.54, 1.807) is 4.90 Å². The minimum Gasteiger partial charge on any atom is -0.493 e. The SMILES string of the molecule is Cc1ccccc1OCCCC(=O)N1CCNC(=O)[C@H]1Cc1nc2ccccc2o1. The Kier molecular flexibility index (Phi) is 5.97. The van der Waals surface area contributed by atoms with Gasteiger partial charge in [0.2, 0.25) is 11.8 Å². The van der Waals surface area contributed by atoms with Gasteiger partial charge in [-0.2, -0.15) is 0 Å². The maximum Gasteiger partial charge on any atom is 0.243 e. The Morgan fingerprint density at radius 2 is 2.03 bits per heavy atom. The topological polar surface area (TPSA) is 84.7 Å². The van der Waals surface area contributed by atoms with Crippen LogP contribution < -0.4 is 10.1 Å². The molecule has 1 atom stereocenters. The van der Waals surface area contributed by atoms with Crippen molar-refractivity contribution in [2.75, 3.05) is 19.7 Å². The number of ether oxygens (including phenoxy) is 1. The normalized spacial score (nSPS) is 16.5. The smallest absolute Gasteiger partial charge is 0.243 e. The van der Waals surface area contributed by atoms with Crippen LogP contribution in [0.4, 0.5) is 0 Å². The van der Waals surface area contributed by atoms with Crippen LogP contribution in [-0.4, -0.2) is 47.4 Å². The molecule has 2 heterocycles. The Morgan fingerprint density at radius 1 is 1.23 bits per heavy atom. The van der Waals surface area contributed by atoms with Gasteiger partial charge in [-0.25, -0.2) is 4.98 Å². The molecule has 7 heteroatoms. The Morgan fingerprint density at radius 3 is 2.87 bits per heavy atom. The number of fused-ring (bicyclic) bond motifs is 1. The number of benzene rings is 2. The van der Waals surface area contributed by atoms with Crippen LogP contribution in [0.15, 0.2) is 52.9 Å². The second-order valence-corrected chi connectivity index (χ2v) is 7.39. The van der Waals surface area contributed by atoms with Gasteiger partial charge in [0.1, 0.15) is 17.3 Å². The van der Waals surface area contributed by atoms with E-state index in [0.29, 0.717) is 44.0 Å². The minimum absolute atomic E-state index is 0.0562. The highest BCUT2D eigenvalue weighted by Crippen LogP contribution is 2.20. The summed E-state index contributed by atoms with van der Waals surface area (Å²) in [7, 11) is 0. The molecular formula is C23H25N3O4. The monoisotopic (exact) mass is 407 g/mol. The summed E-state index contributed by atoms with van der Waals surface area (Å²) in [5.41, 5.74) is 2.49. The number of hydrogen-bond donors (Lipinski definition) is 1. The molecule has 0 bridgehead atoms. The quantitative estimate of drug-likeness (QED) is 0.609. The van der Waals surface area contributed by atoms with Gasteiger partial charge >= 0.3 is 0 Å². The number of carbonyl (C=O) groups excluding carboxylic acids is 2. The van der Waals surface area contributed by atoms with Crippen molar-refractivity contribution in [3.8, 4) is 5.75 Å². The highest BCUT2D eigenvalue weighted by molar-refractivity contribution is 5.89. The zero-order valence-electron chi connectivity index (χ0n) is 17.0. The van der Waals surface area contributed by atoms with Crippen molar-refractivity contribution in [3.05, 3.63) is 60.0 Å². The fourth-order valence-electron chi connectivity index (χ4n) is 3.66. The van der Waals surface area contributed by atoms with Crippen LogP contribution in [0.5, 0.6) is 5.75 Å². The van der Waals surface area contributed by atoms with Gasteiger partial charge in [-0.3, -0.25) is 9.59 Å². The number of amides is 2. The summed E-state index contributed by atoms with van der Waals surface area (Å²) < 4.78 is 11.5. The Labute approximate surface area is 175 Å². The number of aryl methyl sites for hydroxylation is 1. The van der Waals surface area contributed by atoms with Crippen LogP contribution in [0.2, 0.25) is 0 Å². The van der Waals surface area contributed by atoms with Crippen LogP contribution in [0.25, 0.3) is 11.1 Å². The zero-order chi connectivity index (χ0) is 20.9. The van der Waals surface area contributed by atoms with Crippen molar-refractivity contribution in [1.29, 1.82) is 0 Å². The standard InChI is InChI=1S/C23H25N3O4/c1-16-7-2-4-9-19(16)29-14-6-11-22(27)26-13-12-24-23(28)18(26)15-21-25-17-8-3-5-10-20(17)30-21/h2-5,7-10,18H,6,11-15H2,1H3,(H,24,28)/t18-/m1/s1. The van der Waals surface area contributed by atoms with E-state index in [1.807, 2.05) is 55.5 Å². The molecule has 0 spiro atoms. The Bertz CT molecular complexity index is 1010. The first-order valence-corrected chi connectivity index (χ1v) is 10.2. The van der Waals surface area contributed by atoms with Crippen LogP contribution in [-0.2, 0) is 16.0 Å².